The number of hydrogen-bond acceptors (Lipinski definition) is 6. The summed E-state index contributed by atoms with van der Waals surface area (Å²) in [5, 5.41) is 36.1. The third-order valence-electron chi connectivity index (χ3n) is 11.4. The first-order valence-corrected chi connectivity index (χ1v) is 15.9. The second kappa shape index (κ2) is 10.0. The Morgan fingerprint density at radius 2 is 1.73 bits per heavy atom. The fourth-order valence-electron chi connectivity index (χ4n) is 9.62. The maximum absolute atomic E-state index is 12.6. The van der Waals surface area contributed by atoms with Crippen molar-refractivity contribution in [2.45, 2.75) is 116 Å². The number of rotatable bonds is 7. The van der Waals surface area contributed by atoms with Gasteiger partial charge in [-0.05, 0) is 112 Å². The van der Waals surface area contributed by atoms with Crippen molar-refractivity contribution in [3.05, 3.63) is 0 Å². The summed E-state index contributed by atoms with van der Waals surface area (Å²) in [6.07, 6.45) is 5.57. The zero-order valence-electron chi connectivity index (χ0n) is 23.2. The number of amides is 1. The molecule has 214 valence electrons. The van der Waals surface area contributed by atoms with E-state index in [1.807, 2.05) is 0 Å². The van der Waals surface area contributed by atoms with Crippen LogP contribution < -0.4 is 5.32 Å². The molecule has 5 N–H and O–H groups in total. The molecule has 0 aromatic heterocycles. The van der Waals surface area contributed by atoms with Crippen LogP contribution in [0.2, 0.25) is 0 Å². The van der Waals surface area contributed by atoms with Crippen molar-refractivity contribution in [3.8, 4) is 0 Å². The van der Waals surface area contributed by atoms with Gasteiger partial charge in [-0.3, -0.25) is 9.35 Å². The summed E-state index contributed by atoms with van der Waals surface area (Å²) in [5.74, 6) is 0.575. The Hall–Kier alpha value is -0.740. The summed E-state index contributed by atoms with van der Waals surface area (Å²) in [6.45, 7) is 9.83. The fraction of sp³-hybridized carbons (Fsp3) is 0.964. The van der Waals surface area contributed by atoms with E-state index in [1.165, 1.54) is 0 Å². The minimum absolute atomic E-state index is 0.0437. The molecule has 4 aliphatic rings. The van der Waals surface area contributed by atoms with E-state index in [1.54, 1.807) is 13.8 Å². The predicted molar refractivity (Wildman–Crippen MR) is 141 cm³/mol. The maximum atomic E-state index is 12.6. The normalized spacial score (nSPS) is 44.9. The minimum atomic E-state index is -4.20. The number of nitrogens with one attached hydrogen (secondary N) is 1. The second-order valence-electron chi connectivity index (χ2n) is 14.2. The largest absolute Gasteiger partial charge is 0.393 e. The lowest BCUT2D eigenvalue weighted by molar-refractivity contribution is -0.207. The summed E-state index contributed by atoms with van der Waals surface area (Å²) in [5.41, 5.74) is -1.34. The van der Waals surface area contributed by atoms with E-state index < -0.39 is 33.6 Å². The number of carbonyl (C=O) groups excluding carboxylic acids is 1. The van der Waals surface area contributed by atoms with Crippen LogP contribution in [0.1, 0.15) is 92.4 Å². The van der Waals surface area contributed by atoms with Gasteiger partial charge in [-0.25, -0.2) is 0 Å². The third kappa shape index (κ3) is 5.49. The predicted octanol–water partition coefficient (Wildman–Crippen LogP) is 3.15. The van der Waals surface area contributed by atoms with Crippen LogP contribution in [-0.2, 0) is 14.9 Å². The van der Waals surface area contributed by atoms with Gasteiger partial charge in [0.1, 0.15) is 0 Å². The maximum Gasteiger partial charge on any atom is 0.267 e. The van der Waals surface area contributed by atoms with E-state index in [0.717, 1.165) is 38.5 Å². The highest BCUT2D eigenvalue weighted by atomic mass is 32.2. The molecule has 0 spiro atoms. The van der Waals surface area contributed by atoms with Crippen molar-refractivity contribution in [1.29, 1.82) is 0 Å². The summed E-state index contributed by atoms with van der Waals surface area (Å²) < 4.78 is 31.7. The van der Waals surface area contributed by atoms with Crippen molar-refractivity contribution in [1.82, 2.24) is 5.32 Å². The first-order valence-electron chi connectivity index (χ1n) is 14.3. The van der Waals surface area contributed by atoms with Gasteiger partial charge in [0.05, 0.1) is 29.6 Å². The molecular formula is C28H49NO7S. The average molecular weight is 544 g/mol. The number of aliphatic hydroxyl groups is 3. The van der Waals surface area contributed by atoms with Gasteiger partial charge in [-0.1, -0.05) is 20.8 Å². The molecule has 8 nitrogen and oxygen atoms in total. The van der Waals surface area contributed by atoms with Gasteiger partial charge in [0.15, 0.2) is 0 Å². The van der Waals surface area contributed by atoms with Crippen LogP contribution in [0.25, 0.3) is 0 Å². The molecule has 1 amide bonds. The zero-order valence-corrected chi connectivity index (χ0v) is 24.0. The molecule has 0 aromatic carbocycles. The van der Waals surface area contributed by atoms with Gasteiger partial charge in [0, 0.05) is 6.42 Å². The Balaban J connectivity index is 1.44. The first-order chi connectivity index (χ1) is 17.0. The molecule has 0 heterocycles. The first kappa shape index (κ1) is 29.2. The summed E-state index contributed by atoms with van der Waals surface area (Å²) >= 11 is 0. The van der Waals surface area contributed by atoms with Crippen molar-refractivity contribution in [2.24, 2.45) is 46.3 Å². The molecule has 4 saturated carbocycles. The van der Waals surface area contributed by atoms with E-state index in [0.29, 0.717) is 18.8 Å². The molecule has 0 aliphatic heterocycles. The van der Waals surface area contributed by atoms with Gasteiger partial charge in [-0.2, -0.15) is 8.42 Å². The molecule has 0 aromatic rings. The van der Waals surface area contributed by atoms with E-state index in [-0.39, 0.29) is 58.9 Å². The topological polar surface area (TPSA) is 144 Å². The lowest BCUT2D eigenvalue weighted by Crippen LogP contribution is -2.62. The van der Waals surface area contributed by atoms with E-state index >= 15 is 0 Å². The lowest BCUT2D eigenvalue weighted by Gasteiger charge is -2.63. The summed E-state index contributed by atoms with van der Waals surface area (Å²) in [7, 11) is -4.20. The van der Waals surface area contributed by atoms with E-state index in [2.05, 4.69) is 26.1 Å². The number of fused-ring (bicyclic) bond motifs is 5. The van der Waals surface area contributed by atoms with Crippen molar-refractivity contribution in [3.63, 3.8) is 0 Å². The highest BCUT2D eigenvalue weighted by molar-refractivity contribution is 7.85. The van der Waals surface area contributed by atoms with E-state index in [4.69, 9.17) is 4.55 Å². The van der Waals surface area contributed by atoms with Crippen molar-refractivity contribution >= 4 is 16.0 Å². The third-order valence-corrected chi connectivity index (χ3v) is 12.5. The van der Waals surface area contributed by atoms with Gasteiger partial charge >= 0.3 is 0 Å². The molecule has 0 radical (unpaired) electrons. The van der Waals surface area contributed by atoms with Crippen LogP contribution in [0.5, 0.6) is 0 Å². The molecule has 4 rings (SSSR count). The Morgan fingerprint density at radius 1 is 1.05 bits per heavy atom. The highest BCUT2D eigenvalue weighted by Crippen LogP contribution is 2.68. The monoisotopic (exact) mass is 543 g/mol. The van der Waals surface area contributed by atoms with Gasteiger partial charge in [0.2, 0.25) is 5.91 Å². The number of hydrogen-bond donors (Lipinski definition) is 5. The molecule has 0 bridgehead atoms. The Bertz CT molecular complexity index is 970. The van der Waals surface area contributed by atoms with Gasteiger partial charge < -0.3 is 20.6 Å². The quantitative estimate of drug-likeness (QED) is 0.310. The molecule has 0 saturated heterocycles. The van der Waals surface area contributed by atoms with E-state index in [9.17, 15) is 28.5 Å². The van der Waals surface area contributed by atoms with Crippen LogP contribution in [0, 0.1) is 46.3 Å². The van der Waals surface area contributed by atoms with Crippen molar-refractivity contribution in [2.75, 3.05) is 5.75 Å². The standard InChI is InChI=1S/C28H49NO7S/c1-16(6-9-24(33)29-26(2,3)15-37(34,35)36)19-7-8-20-25-21(14-23(32)28(19,20)5)27(4)11-10-18(30)12-17(27)13-22(25)31/h16-23,25,30-32H,6-15H2,1-5H3,(H,29,33)(H,34,35,36)/t16-,17+,18-,19-,20+,21+,22-,23+,25+,27+,28-/m1/s1. The van der Waals surface area contributed by atoms with Crippen LogP contribution >= 0.6 is 0 Å². The van der Waals surface area contributed by atoms with Gasteiger partial charge in [0.25, 0.3) is 10.1 Å². The Morgan fingerprint density at radius 3 is 2.38 bits per heavy atom. The lowest BCUT2D eigenvalue weighted by atomic mass is 9.43. The average Bonchev–Trinajstić information content (AvgIpc) is 3.10. The molecule has 4 aliphatic carbocycles. The summed E-state index contributed by atoms with van der Waals surface area (Å²) in [6, 6.07) is 0. The number of aliphatic hydroxyl groups excluding tert-OH is 3. The SMILES string of the molecule is C[C@H](CCC(=O)NC(C)(C)CS(=O)(=O)O)[C@H]1CC[C@H]2[C@@H]3[C@H](O)C[C@@H]4C[C@H](O)CC[C@]4(C)[C@H]3C[C@H](O)[C@]12C. The smallest absolute Gasteiger partial charge is 0.267 e. The molecule has 0 unspecified atom stereocenters. The molecule has 4 fully saturated rings. The molecular weight excluding hydrogens is 494 g/mol. The Kier molecular flexibility index (Phi) is 7.92. The van der Waals surface area contributed by atoms with Crippen LogP contribution in [0.15, 0.2) is 0 Å². The Labute approximate surface area is 222 Å². The fourth-order valence-corrected chi connectivity index (χ4v) is 10.6. The second-order valence-corrected chi connectivity index (χ2v) is 15.7. The zero-order chi connectivity index (χ0) is 27.6. The van der Waals surface area contributed by atoms with Crippen molar-refractivity contribution < 1.29 is 33.1 Å². The highest BCUT2D eigenvalue weighted by Gasteiger charge is 2.65. The van der Waals surface area contributed by atoms with Gasteiger partial charge in [-0.15, -0.1) is 0 Å². The molecule has 37 heavy (non-hydrogen) atoms. The van der Waals surface area contributed by atoms with Crippen LogP contribution in [0.3, 0.4) is 0 Å². The molecule has 9 heteroatoms. The number of carbonyl (C=O) groups is 1. The summed E-state index contributed by atoms with van der Waals surface area (Å²) in [4.78, 5) is 12.6. The molecule has 11 atom stereocenters. The van der Waals surface area contributed by atoms with Crippen LogP contribution in [-0.4, -0.2) is 63.8 Å². The minimum Gasteiger partial charge on any atom is -0.393 e. The van der Waals surface area contributed by atoms with Crippen LogP contribution in [0.4, 0.5) is 0 Å².